The number of hydrogen-bond acceptors (Lipinski definition) is 8. The minimum atomic E-state index is -2.29. The second kappa shape index (κ2) is 11.4. The molecule has 0 aromatic heterocycles. The first-order valence-corrected chi connectivity index (χ1v) is 16.9. The summed E-state index contributed by atoms with van der Waals surface area (Å²) in [7, 11) is 0. The van der Waals surface area contributed by atoms with Crippen LogP contribution in [0.5, 0.6) is 0 Å². The molecule has 4 aliphatic carbocycles. The van der Waals surface area contributed by atoms with Gasteiger partial charge in [0.1, 0.15) is 23.4 Å². The molecule has 2 saturated heterocycles. The number of fused-ring (bicyclic) bond motifs is 2. The fraction of sp³-hybridized carbons (Fsp3) is 0.676. The number of aliphatic hydroxyl groups excluding tert-OH is 1. The molecule has 2 N–H and O–H groups in total. The molecule has 2 heterocycles. The summed E-state index contributed by atoms with van der Waals surface area (Å²) >= 11 is 11.9. The summed E-state index contributed by atoms with van der Waals surface area (Å²) in [5.74, 6) is -3.96. The molecule has 240 valence electrons. The molecule has 0 radical (unpaired) electrons. The van der Waals surface area contributed by atoms with Gasteiger partial charge in [0.25, 0.3) is 0 Å². The van der Waals surface area contributed by atoms with Crippen molar-refractivity contribution >= 4 is 46.4 Å². The first kappa shape index (κ1) is 32.0. The van der Waals surface area contributed by atoms with Gasteiger partial charge in [0.05, 0.1) is 12.0 Å². The number of rotatable bonds is 10. The van der Waals surface area contributed by atoms with Crippen LogP contribution in [0.1, 0.15) is 57.9 Å². The van der Waals surface area contributed by atoms with Crippen LogP contribution < -0.4 is 4.90 Å². The number of Topliss-reactive ketones (excluding diaryl/α,β-unsaturated/α-hetero) is 2. The fourth-order valence-electron chi connectivity index (χ4n) is 9.85. The lowest BCUT2D eigenvalue weighted by molar-refractivity contribution is -0.437. The molecule has 1 aromatic carbocycles. The molecule has 6 fully saturated rings. The Balaban J connectivity index is 1.22. The van der Waals surface area contributed by atoms with E-state index in [1.165, 1.54) is 0 Å². The smallest absolute Gasteiger partial charge is 0.306 e. The lowest BCUT2D eigenvalue weighted by Crippen LogP contribution is -2.85. The Morgan fingerprint density at radius 2 is 1.82 bits per heavy atom. The molecule has 10 heteroatoms. The van der Waals surface area contributed by atoms with E-state index < -0.39 is 63.7 Å². The van der Waals surface area contributed by atoms with Gasteiger partial charge in [0, 0.05) is 55.2 Å². The van der Waals surface area contributed by atoms with E-state index in [1.807, 2.05) is 38.1 Å². The third-order valence-corrected chi connectivity index (χ3v) is 12.1. The van der Waals surface area contributed by atoms with Gasteiger partial charge in [-0.3, -0.25) is 14.4 Å². The van der Waals surface area contributed by atoms with Gasteiger partial charge < -0.3 is 24.6 Å². The summed E-state index contributed by atoms with van der Waals surface area (Å²) in [5, 5.41) is 24.1. The average molecular weight is 649 g/mol. The van der Waals surface area contributed by atoms with E-state index in [2.05, 4.69) is 11.5 Å². The predicted octanol–water partition coefficient (Wildman–Crippen LogP) is 4.44. The molecule has 4 saturated carbocycles. The van der Waals surface area contributed by atoms with Gasteiger partial charge in [0.2, 0.25) is 5.79 Å². The normalized spacial score (nSPS) is 38.3. The number of benzene rings is 1. The van der Waals surface area contributed by atoms with Crippen molar-refractivity contribution in [1.29, 1.82) is 0 Å². The molecule has 4 bridgehead atoms. The lowest BCUT2D eigenvalue weighted by Gasteiger charge is -2.72. The van der Waals surface area contributed by atoms with Crippen molar-refractivity contribution in [3.05, 3.63) is 42.0 Å². The molecule has 2 spiro atoms. The van der Waals surface area contributed by atoms with Crippen LogP contribution in [0.3, 0.4) is 0 Å². The zero-order valence-corrected chi connectivity index (χ0v) is 27.0. The number of carbonyl (C=O) groups excluding carboxylic acids is 3. The summed E-state index contributed by atoms with van der Waals surface area (Å²) in [6.45, 7) is 9.42. The standard InChI is InChI=1S/C34H43Cl2NO7/c1-20-23-11-12-24-32-19-43-34(42,29(41)27(32)31(2,3)14-13-25(32)38)33(24,28(20)40)30(23)44-26(39)6-4-5-21-7-9-22(10-8-21)37(17-15-35)18-16-36/h7-10,23-24,27,29-30,41-42H,1,4-6,11-19H2,2-3H3/t23-,24-,27+,29-,30+,32+,33-,34-/m0/s1. The van der Waals surface area contributed by atoms with Crippen LogP contribution in [0.2, 0.25) is 0 Å². The second-order valence-corrected chi connectivity index (χ2v) is 14.9. The molecule has 0 unspecified atom stereocenters. The molecule has 44 heavy (non-hydrogen) atoms. The summed E-state index contributed by atoms with van der Waals surface area (Å²) in [6.07, 6.45) is 0.625. The maximum Gasteiger partial charge on any atom is 0.306 e. The van der Waals surface area contributed by atoms with E-state index in [4.69, 9.17) is 32.7 Å². The first-order chi connectivity index (χ1) is 20.9. The van der Waals surface area contributed by atoms with Crippen molar-refractivity contribution in [2.24, 2.45) is 34.0 Å². The van der Waals surface area contributed by atoms with Crippen LogP contribution in [0.25, 0.3) is 0 Å². The van der Waals surface area contributed by atoms with Gasteiger partial charge in [0.15, 0.2) is 5.78 Å². The Morgan fingerprint density at radius 3 is 2.48 bits per heavy atom. The highest BCUT2D eigenvalue weighted by Gasteiger charge is 2.88. The molecule has 8 atom stereocenters. The van der Waals surface area contributed by atoms with E-state index in [0.29, 0.717) is 63.4 Å². The maximum atomic E-state index is 14.2. The largest absolute Gasteiger partial charge is 0.460 e. The van der Waals surface area contributed by atoms with Crippen LogP contribution in [0.4, 0.5) is 5.69 Å². The molecule has 1 aromatic rings. The quantitative estimate of drug-likeness (QED) is 0.218. The maximum absolute atomic E-state index is 14.2. The van der Waals surface area contributed by atoms with Crippen LogP contribution in [0, 0.1) is 34.0 Å². The SMILES string of the molecule is C=C1C(=O)[C@]23[C@H](OC(=O)CCCc4ccc(N(CCCl)CCCl)cc4)[C@H]1CC[C@H]2[C@@]12CO[C@@]3(O)[C@@H](O)[C@@H]1C(C)(C)CCC2=O. The van der Waals surface area contributed by atoms with E-state index >= 15 is 0 Å². The number of halogens is 2. The number of ether oxygens (including phenoxy) is 2. The molecule has 2 aliphatic heterocycles. The first-order valence-electron chi connectivity index (χ1n) is 15.9. The number of ketones is 2. The van der Waals surface area contributed by atoms with Crippen LogP contribution in [-0.4, -0.2) is 77.2 Å². The van der Waals surface area contributed by atoms with E-state index in [9.17, 15) is 24.6 Å². The van der Waals surface area contributed by atoms with Gasteiger partial charge >= 0.3 is 5.97 Å². The number of carbonyl (C=O) groups is 3. The van der Waals surface area contributed by atoms with Crippen molar-refractivity contribution in [2.75, 3.05) is 36.4 Å². The number of alkyl halides is 2. The summed E-state index contributed by atoms with van der Waals surface area (Å²) in [6, 6.07) is 8.09. The summed E-state index contributed by atoms with van der Waals surface area (Å²) < 4.78 is 12.2. The number of anilines is 1. The highest BCUT2D eigenvalue weighted by atomic mass is 35.5. The van der Waals surface area contributed by atoms with E-state index in [1.54, 1.807) is 0 Å². The van der Waals surface area contributed by atoms with Gasteiger partial charge in [-0.2, -0.15) is 0 Å². The molecular weight excluding hydrogens is 605 g/mol. The summed E-state index contributed by atoms with van der Waals surface area (Å²) in [5.41, 5.74) is -0.998. The van der Waals surface area contributed by atoms with Crippen molar-refractivity contribution in [2.45, 2.75) is 76.8 Å². The molecule has 8 nitrogen and oxygen atoms in total. The van der Waals surface area contributed by atoms with Gasteiger partial charge in [-0.05, 0) is 66.7 Å². The van der Waals surface area contributed by atoms with Crippen molar-refractivity contribution < 1.29 is 34.1 Å². The highest BCUT2D eigenvalue weighted by Crippen LogP contribution is 2.76. The third-order valence-electron chi connectivity index (χ3n) is 11.7. The van der Waals surface area contributed by atoms with Crippen molar-refractivity contribution in [3.63, 3.8) is 0 Å². The average Bonchev–Trinajstić information content (AvgIpc) is 3.10. The number of nitrogens with zero attached hydrogens (tertiary/aromatic N) is 1. The van der Waals surface area contributed by atoms with Crippen molar-refractivity contribution in [1.82, 2.24) is 0 Å². The summed E-state index contributed by atoms with van der Waals surface area (Å²) in [4.78, 5) is 43.6. The molecular formula is C34H43Cl2NO7. The second-order valence-electron chi connectivity index (χ2n) is 14.1. The lowest BCUT2D eigenvalue weighted by atomic mass is 9.36. The van der Waals surface area contributed by atoms with Crippen molar-refractivity contribution in [3.8, 4) is 0 Å². The zero-order valence-electron chi connectivity index (χ0n) is 25.5. The number of aliphatic hydroxyl groups is 2. The van der Waals surface area contributed by atoms with Crippen LogP contribution >= 0.6 is 23.2 Å². The number of esters is 1. The topological polar surface area (TPSA) is 113 Å². The Labute approximate surface area is 269 Å². The number of hydrogen-bond donors (Lipinski definition) is 2. The zero-order chi connectivity index (χ0) is 31.7. The van der Waals surface area contributed by atoms with E-state index in [-0.39, 0.29) is 24.4 Å². The highest BCUT2D eigenvalue weighted by molar-refractivity contribution is 6.18. The van der Waals surface area contributed by atoms with Gasteiger partial charge in [-0.25, -0.2) is 0 Å². The molecule has 0 amide bonds. The monoisotopic (exact) mass is 647 g/mol. The Hall–Kier alpha value is -1.97. The minimum Gasteiger partial charge on any atom is -0.460 e. The Kier molecular flexibility index (Phi) is 8.27. The fourth-order valence-corrected chi connectivity index (χ4v) is 10.3. The van der Waals surface area contributed by atoms with Crippen LogP contribution in [0.15, 0.2) is 36.4 Å². The van der Waals surface area contributed by atoms with Gasteiger partial charge in [-0.15, -0.1) is 23.2 Å². The Bertz CT molecular complexity index is 1340. The third kappa shape index (κ3) is 4.30. The molecule has 6 aliphatic rings. The molecule has 7 rings (SSSR count). The minimum absolute atomic E-state index is 0.0414. The van der Waals surface area contributed by atoms with Gasteiger partial charge in [-0.1, -0.05) is 32.6 Å². The van der Waals surface area contributed by atoms with Crippen LogP contribution in [-0.2, 0) is 30.3 Å². The van der Waals surface area contributed by atoms with E-state index in [0.717, 1.165) is 11.3 Å². The Morgan fingerprint density at radius 1 is 1.14 bits per heavy atom. The predicted molar refractivity (Wildman–Crippen MR) is 167 cm³/mol. The number of aryl methyl sites for hydroxylation is 1.